The number of likely N-dealkylation sites (N-methyl/N-ethyl adjacent to an activating group) is 1. The molecule has 1 aliphatic heterocycles. The molecule has 19 heavy (non-hydrogen) atoms. The lowest BCUT2D eigenvalue weighted by molar-refractivity contribution is -0.132. The molecule has 1 aromatic heterocycles. The van der Waals surface area contributed by atoms with Crippen LogP contribution in [0.2, 0.25) is 0 Å². The van der Waals surface area contributed by atoms with Crippen LogP contribution >= 0.6 is 0 Å². The van der Waals surface area contributed by atoms with Crippen molar-refractivity contribution in [2.24, 2.45) is 0 Å². The van der Waals surface area contributed by atoms with Crippen molar-refractivity contribution in [3.05, 3.63) is 22.5 Å². The number of H-pyrrole nitrogens is 1. The minimum absolute atomic E-state index is 0.149. The number of nitrogens with one attached hydrogen (secondary N) is 1. The predicted molar refractivity (Wildman–Crippen MR) is 73.4 cm³/mol. The first-order chi connectivity index (χ1) is 9.02. The quantitative estimate of drug-likeness (QED) is 0.819. The third kappa shape index (κ3) is 2.87. The normalized spacial score (nSPS) is 16.7. The molecule has 0 saturated carbocycles. The molecule has 0 unspecified atom stereocenters. The molecule has 5 heteroatoms. The summed E-state index contributed by atoms with van der Waals surface area (Å²) in [5.74, 6) is 0.149. The SMILES string of the molecule is Cc1[nH]c(C=O)c(C)c1CC(=O)N1CCN(C)CC1. The molecule has 1 aliphatic rings. The molecule has 1 saturated heterocycles. The Morgan fingerprint density at radius 1 is 1.26 bits per heavy atom. The van der Waals surface area contributed by atoms with Crippen LogP contribution in [-0.4, -0.2) is 60.2 Å². The van der Waals surface area contributed by atoms with Gasteiger partial charge in [0.1, 0.15) is 0 Å². The number of hydrogen-bond donors (Lipinski definition) is 1. The van der Waals surface area contributed by atoms with E-state index in [1.807, 2.05) is 18.7 Å². The summed E-state index contributed by atoms with van der Waals surface area (Å²) in [5.41, 5.74) is 3.36. The fraction of sp³-hybridized carbons (Fsp3) is 0.571. The summed E-state index contributed by atoms with van der Waals surface area (Å²) in [6.07, 6.45) is 1.19. The Labute approximate surface area is 113 Å². The van der Waals surface area contributed by atoms with Gasteiger partial charge in [0.15, 0.2) is 6.29 Å². The van der Waals surface area contributed by atoms with Crippen LogP contribution in [0.25, 0.3) is 0 Å². The number of nitrogens with zero attached hydrogens (tertiary/aromatic N) is 2. The third-order valence-electron chi connectivity index (χ3n) is 3.93. The zero-order chi connectivity index (χ0) is 14.0. The standard InChI is InChI=1S/C14H21N3O2/c1-10-12(11(2)15-13(10)9-18)8-14(19)17-6-4-16(3)5-7-17/h9,15H,4-8H2,1-3H3. The van der Waals surface area contributed by atoms with Crippen molar-refractivity contribution < 1.29 is 9.59 Å². The summed E-state index contributed by atoms with van der Waals surface area (Å²) in [4.78, 5) is 30.3. The van der Waals surface area contributed by atoms with Gasteiger partial charge in [0.05, 0.1) is 12.1 Å². The van der Waals surface area contributed by atoms with Gasteiger partial charge in [-0.3, -0.25) is 9.59 Å². The maximum absolute atomic E-state index is 12.3. The van der Waals surface area contributed by atoms with E-state index in [1.54, 1.807) is 0 Å². The van der Waals surface area contributed by atoms with Gasteiger partial charge < -0.3 is 14.8 Å². The number of aromatic nitrogens is 1. The largest absolute Gasteiger partial charge is 0.356 e. The second-order valence-corrected chi connectivity index (χ2v) is 5.25. The number of hydrogen-bond acceptors (Lipinski definition) is 3. The summed E-state index contributed by atoms with van der Waals surface area (Å²) in [7, 11) is 2.07. The summed E-state index contributed by atoms with van der Waals surface area (Å²) in [6, 6.07) is 0. The van der Waals surface area contributed by atoms with Crippen LogP contribution < -0.4 is 0 Å². The monoisotopic (exact) mass is 263 g/mol. The van der Waals surface area contributed by atoms with Crippen molar-refractivity contribution in [3.63, 3.8) is 0 Å². The molecule has 0 radical (unpaired) electrons. The van der Waals surface area contributed by atoms with E-state index in [0.717, 1.165) is 49.3 Å². The van der Waals surface area contributed by atoms with E-state index < -0.39 is 0 Å². The minimum Gasteiger partial charge on any atom is -0.356 e. The molecule has 5 nitrogen and oxygen atoms in total. The van der Waals surface area contributed by atoms with E-state index in [4.69, 9.17) is 0 Å². The van der Waals surface area contributed by atoms with Crippen LogP contribution in [-0.2, 0) is 11.2 Å². The average Bonchev–Trinajstić information content (AvgIpc) is 2.67. The summed E-state index contributed by atoms with van der Waals surface area (Å²) in [5, 5.41) is 0. The van der Waals surface area contributed by atoms with Gasteiger partial charge in [-0.05, 0) is 32.0 Å². The molecular formula is C14H21N3O2. The van der Waals surface area contributed by atoms with Gasteiger partial charge in [0.25, 0.3) is 0 Å². The first-order valence-electron chi connectivity index (χ1n) is 6.62. The smallest absolute Gasteiger partial charge is 0.227 e. The number of aldehydes is 1. The second kappa shape index (κ2) is 5.57. The van der Waals surface area contributed by atoms with Crippen LogP contribution in [0.4, 0.5) is 0 Å². The Balaban J connectivity index is 2.07. The summed E-state index contributed by atoms with van der Waals surface area (Å²) in [6.45, 7) is 7.23. The van der Waals surface area contributed by atoms with Crippen LogP contribution in [0, 0.1) is 13.8 Å². The number of rotatable bonds is 3. The van der Waals surface area contributed by atoms with Crippen molar-refractivity contribution >= 4 is 12.2 Å². The van der Waals surface area contributed by atoms with Crippen molar-refractivity contribution in [3.8, 4) is 0 Å². The Kier molecular flexibility index (Phi) is 4.04. The molecule has 0 aromatic carbocycles. The molecule has 1 amide bonds. The lowest BCUT2D eigenvalue weighted by Crippen LogP contribution is -2.47. The predicted octanol–water partition coefficient (Wildman–Crippen LogP) is 0.761. The van der Waals surface area contributed by atoms with E-state index >= 15 is 0 Å². The van der Waals surface area contributed by atoms with Gasteiger partial charge >= 0.3 is 0 Å². The molecule has 0 bridgehead atoms. The Hall–Kier alpha value is -1.62. The Morgan fingerprint density at radius 3 is 2.42 bits per heavy atom. The number of aromatic amines is 1. The van der Waals surface area contributed by atoms with Gasteiger partial charge in [-0.2, -0.15) is 0 Å². The first kappa shape index (κ1) is 13.8. The summed E-state index contributed by atoms with van der Waals surface area (Å²) >= 11 is 0. The van der Waals surface area contributed by atoms with Gasteiger partial charge in [-0.15, -0.1) is 0 Å². The van der Waals surface area contributed by atoms with Crippen LogP contribution in [0.3, 0.4) is 0 Å². The lowest BCUT2D eigenvalue weighted by atomic mass is 10.1. The van der Waals surface area contributed by atoms with Crippen molar-refractivity contribution in [1.82, 2.24) is 14.8 Å². The Bertz CT molecular complexity index is 485. The highest BCUT2D eigenvalue weighted by atomic mass is 16.2. The highest BCUT2D eigenvalue weighted by Crippen LogP contribution is 2.18. The van der Waals surface area contributed by atoms with Crippen LogP contribution in [0.1, 0.15) is 27.3 Å². The molecule has 2 rings (SSSR count). The molecule has 1 aromatic rings. The van der Waals surface area contributed by atoms with Crippen LogP contribution in [0.5, 0.6) is 0 Å². The zero-order valence-corrected chi connectivity index (χ0v) is 11.8. The number of aryl methyl sites for hydroxylation is 1. The fourth-order valence-corrected chi connectivity index (χ4v) is 2.52. The Morgan fingerprint density at radius 2 is 1.89 bits per heavy atom. The molecule has 2 heterocycles. The van der Waals surface area contributed by atoms with E-state index in [1.165, 1.54) is 0 Å². The van der Waals surface area contributed by atoms with E-state index in [0.29, 0.717) is 12.1 Å². The minimum atomic E-state index is 0.149. The van der Waals surface area contributed by atoms with Gasteiger partial charge in [0.2, 0.25) is 5.91 Å². The van der Waals surface area contributed by atoms with Crippen molar-refractivity contribution in [2.75, 3.05) is 33.2 Å². The molecular weight excluding hydrogens is 242 g/mol. The van der Waals surface area contributed by atoms with Gasteiger partial charge in [0, 0.05) is 31.9 Å². The third-order valence-corrected chi connectivity index (χ3v) is 3.93. The fourth-order valence-electron chi connectivity index (χ4n) is 2.52. The number of carbonyl (C=O) groups excluding carboxylic acids is 2. The number of piperazine rings is 1. The molecule has 1 N–H and O–H groups in total. The van der Waals surface area contributed by atoms with Crippen molar-refractivity contribution in [1.29, 1.82) is 0 Å². The number of carbonyl (C=O) groups is 2. The van der Waals surface area contributed by atoms with E-state index in [9.17, 15) is 9.59 Å². The van der Waals surface area contributed by atoms with Crippen molar-refractivity contribution in [2.45, 2.75) is 20.3 Å². The number of amides is 1. The van der Waals surface area contributed by atoms with Gasteiger partial charge in [-0.25, -0.2) is 0 Å². The van der Waals surface area contributed by atoms with Gasteiger partial charge in [-0.1, -0.05) is 0 Å². The molecule has 1 fully saturated rings. The highest BCUT2D eigenvalue weighted by molar-refractivity contribution is 5.82. The first-order valence-corrected chi connectivity index (χ1v) is 6.62. The van der Waals surface area contributed by atoms with E-state index in [2.05, 4.69) is 16.9 Å². The maximum Gasteiger partial charge on any atom is 0.227 e. The molecule has 0 atom stereocenters. The topological polar surface area (TPSA) is 56.4 Å². The molecule has 104 valence electrons. The summed E-state index contributed by atoms with van der Waals surface area (Å²) < 4.78 is 0. The maximum atomic E-state index is 12.3. The molecule has 0 aliphatic carbocycles. The average molecular weight is 263 g/mol. The zero-order valence-electron chi connectivity index (χ0n) is 11.8. The van der Waals surface area contributed by atoms with Crippen LogP contribution in [0.15, 0.2) is 0 Å². The lowest BCUT2D eigenvalue weighted by Gasteiger charge is -2.32. The molecule has 0 spiro atoms. The highest BCUT2D eigenvalue weighted by Gasteiger charge is 2.21. The van der Waals surface area contributed by atoms with E-state index in [-0.39, 0.29) is 5.91 Å². The second-order valence-electron chi connectivity index (χ2n) is 5.25.